The van der Waals surface area contributed by atoms with Gasteiger partial charge >= 0.3 is 0 Å². The molecule has 3 rings (SSSR count). The van der Waals surface area contributed by atoms with Crippen molar-refractivity contribution in [2.75, 3.05) is 19.0 Å². The highest BCUT2D eigenvalue weighted by molar-refractivity contribution is 6.28. The molecule has 0 radical (unpaired) electrons. The number of anilines is 1. The minimum Gasteiger partial charge on any atom is -0.394 e. The minimum atomic E-state index is -0.719. The zero-order valence-electron chi connectivity index (χ0n) is 10.7. The van der Waals surface area contributed by atoms with Crippen LogP contribution in [-0.2, 0) is 4.74 Å². The van der Waals surface area contributed by atoms with Gasteiger partial charge in [-0.1, -0.05) is 0 Å². The van der Waals surface area contributed by atoms with Gasteiger partial charge in [0.15, 0.2) is 17.0 Å². The standard InChI is InChI=1S/C11H14ClN5O3/c1-13-9-8-10(16-11(12)15-9)17(4-14-8)7-2-5(19)6(3-18)20-7/h4-7,18-19H,2-3H2,1H3,(H,13,15,16)/t5-,6+,7+/m0/s1. The molecule has 108 valence electrons. The molecule has 3 atom stereocenters. The minimum absolute atomic E-state index is 0.0980. The molecule has 20 heavy (non-hydrogen) atoms. The van der Waals surface area contributed by atoms with Gasteiger partial charge in [-0.2, -0.15) is 9.97 Å². The molecule has 1 aliphatic rings. The van der Waals surface area contributed by atoms with Gasteiger partial charge in [0.2, 0.25) is 5.28 Å². The normalized spacial score (nSPS) is 26.3. The molecule has 8 nitrogen and oxygen atoms in total. The van der Waals surface area contributed by atoms with Gasteiger partial charge in [0.1, 0.15) is 12.3 Å². The Balaban J connectivity index is 2.03. The Hall–Kier alpha value is -1.48. The van der Waals surface area contributed by atoms with Crippen molar-refractivity contribution in [2.24, 2.45) is 0 Å². The zero-order chi connectivity index (χ0) is 14.3. The molecule has 1 saturated heterocycles. The Kier molecular flexibility index (Phi) is 3.47. The molecule has 0 aromatic carbocycles. The van der Waals surface area contributed by atoms with Gasteiger partial charge in [-0.05, 0) is 11.6 Å². The van der Waals surface area contributed by atoms with Crippen LogP contribution >= 0.6 is 11.6 Å². The molecular weight excluding hydrogens is 286 g/mol. The molecule has 0 bridgehead atoms. The largest absolute Gasteiger partial charge is 0.394 e. The van der Waals surface area contributed by atoms with E-state index in [-0.39, 0.29) is 11.9 Å². The Bertz CT molecular complexity index is 634. The number of hydrogen-bond donors (Lipinski definition) is 3. The van der Waals surface area contributed by atoms with Crippen LogP contribution in [0, 0.1) is 0 Å². The summed E-state index contributed by atoms with van der Waals surface area (Å²) in [6.07, 6.45) is 0.158. The number of hydrogen-bond acceptors (Lipinski definition) is 7. The van der Waals surface area contributed by atoms with Crippen LogP contribution in [0.3, 0.4) is 0 Å². The van der Waals surface area contributed by atoms with Crippen molar-refractivity contribution in [2.45, 2.75) is 24.9 Å². The van der Waals surface area contributed by atoms with Crippen LogP contribution in [-0.4, -0.2) is 55.6 Å². The fourth-order valence-corrected chi connectivity index (χ4v) is 2.49. The highest BCUT2D eigenvalue weighted by atomic mass is 35.5. The first-order valence-electron chi connectivity index (χ1n) is 6.16. The van der Waals surface area contributed by atoms with E-state index in [4.69, 9.17) is 21.4 Å². The van der Waals surface area contributed by atoms with Gasteiger partial charge in [-0.25, -0.2) is 4.98 Å². The van der Waals surface area contributed by atoms with Gasteiger partial charge in [-0.15, -0.1) is 0 Å². The number of aliphatic hydroxyl groups excluding tert-OH is 2. The number of fused-ring (bicyclic) bond motifs is 1. The summed E-state index contributed by atoms with van der Waals surface area (Å²) in [5.41, 5.74) is 1.09. The fourth-order valence-electron chi connectivity index (χ4n) is 2.33. The molecule has 2 aromatic heterocycles. The van der Waals surface area contributed by atoms with E-state index >= 15 is 0 Å². The van der Waals surface area contributed by atoms with Gasteiger partial charge in [0, 0.05) is 13.5 Å². The molecule has 0 aliphatic carbocycles. The monoisotopic (exact) mass is 299 g/mol. The van der Waals surface area contributed by atoms with Crippen LogP contribution in [0.25, 0.3) is 11.2 Å². The number of imidazole rings is 1. The van der Waals surface area contributed by atoms with Crippen molar-refractivity contribution in [3.8, 4) is 0 Å². The SMILES string of the molecule is CNc1nc(Cl)nc2c1ncn2[C@H]1C[C@H](O)[C@@H](CO)O1. The number of aliphatic hydroxyl groups is 2. The Morgan fingerprint density at radius 2 is 2.35 bits per heavy atom. The third-order valence-corrected chi connectivity index (χ3v) is 3.49. The van der Waals surface area contributed by atoms with E-state index in [9.17, 15) is 5.11 Å². The molecule has 0 unspecified atom stereocenters. The molecule has 2 aromatic rings. The summed E-state index contributed by atoms with van der Waals surface area (Å²) in [4.78, 5) is 12.4. The zero-order valence-corrected chi connectivity index (χ0v) is 11.4. The first-order valence-corrected chi connectivity index (χ1v) is 6.54. The maximum Gasteiger partial charge on any atom is 0.226 e. The van der Waals surface area contributed by atoms with Gasteiger partial charge < -0.3 is 20.3 Å². The lowest BCUT2D eigenvalue weighted by Crippen LogP contribution is -2.24. The van der Waals surface area contributed by atoms with E-state index in [0.717, 1.165) is 0 Å². The maximum atomic E-state index is 9.80. The smallest absolute Gasteiger partial charge is 0.226 e. The van der Waals surface area contributed by atoms with Gasteiger partial charge in [-0.3, -0.25) is 4.57 Å². The highest BCUT2D eigenvalue weighted by Gasteiger charge is 2.35. The second-order valence-corrected chi connectivity index (χ2v) is 4.87. The average molecular weight is 300 g/mol. The second kappa shape index (κ2) is 5.13. The summed E-state index contributed by atoms with van der Waals surface area (Å²) in [6.45, 7) is -0.234. The molecule has 0 spiro atoms. The fraction of sp³-hybridized carbons (Fsp3) is 0.545. The van der Waals surface area contributed by atoms with Crippen LogP contribution in [0.15, 0.2) is 6.33 Å². The predicted molar refractivity (Wildman–Crippen MR) is 71.5 cm³/mol. The first kappa shape index (κ1) is 13.5. The van der Waals surface area contributed by atoms with Gasteiger partial charge in [0.05, 0.1) is 19.0 Å². The summed E-state index contributed by atoms with van der Waals surface area (Å²) in [5, 5.41) is 21.9. The van der Waals surface area contributed by atoms with Crippen LogP contribution in [0.4, 0.5) is 5.82 Å². The van der Waals surface area contributed by atoms with Crippen molar-refractivity contribution in [3.63, 3.8) is 0 Å². The average Bonchev–Trinajstić information content (AvgIpc) is 3.00. The lowest BCUT2D eigenvalue weighted by molar-refractivity contribution is -0.0432. The number of nitrogens with zero attached hydrogens (tertiary/aromatic N) is 4. The van der Waals surface area contributed by atoms with E-state index in [1.807, 2.05) is 0 Å². The summed E-state index contributed by atoms with van der Waals surface area (Å²) in [6, 6.07) is 0. The molecule has 3 N–H and O–H groups in total. The summed E-state index contributed by atoms with van der Waals surface area (Å²) in [7, 11) is 1.72. The first-order chi connectivity index (χ1) is 9.63. The van der Waals surface area contributed by atoms with E-state index in [1.165, 1.54) is 0 Å². The van der Waals surface area contributed by atoms with Gasteiger partial charge in [0.25, 0.3) is 0 Å². The predicted octanol–water partition coefficient (Wildman–Crippen LogP) is 0.162. The molecule has 1 fully saturated rings. The van der Waals surface area contributed by atoms with Crippen LogP contribution in [0.5, 0.6) is 0 Å². The number of nitrogens with one attached hydrogen (secondary N) is 1. The maximum absolute atomic E-state index is 9.80. The van der Waals surface area contributed by atoms with Crippen LogP contribution in [0.1, 0.15) is 12.6 Å². The van der Waals surface area contributed by atoms with Crippen LogP contribution in [0.2, 0.25) is 5.28 Å². The Labute approximate surface area is 119 Å². The number of aromatic nitrogens is 4. The summed E-state index contributed by atoms with van der Waals surface area (Å²) >= 11 is 5.89. The lowest BCUT2D eigenvalue weighted by atomic mass is 10.2. The van der Waals surface area contributed by atoms with E-state index < -0.39 is 18.4 Å². The van der Waals surface area contributed by atoms with E-state index in [0.29, 0.717) is 23.4 Å². The number of rotatable bonds is 3. The molecular formula is C11H14ClN5O3. The van der Waals surface area contributed by atoms with Crippen LogP contribution < -0.4 is 5.32 Å². The Morgan fingerprint density at radius 3 is 3.00 bits per heavy atom. The number of ether oxygens (including phenoxy) is 1. The quantitative estimate of drug-likeness (QED) is 0.693. The topological polar surface area (TPSA) is 105 Å². The molecule has 0 amide bonds. The van der Waals surface area contributed by atoms with E-state index in [1.54, 1.807) is 17.9 Å². The van der Waals surface area contributed by atoms with Crippen molar-refractivity contribution < 1.29 is 14.9 Å². The third kappa shape index (κ3) is 2.10. The summed E-state index contributed by atoms with van der Waals surface area (Å²) < 4.78 is 7.27. The molecule has 0 saturated carbocycles. The molecule has 9 heteroatoms. The van der Waals surface area contributed by atoms with Crippen molar-refractivity contribution in [3.05, 3.63) is 11.6 Å². The third-order valence-electron chi connectivity index (χ3n) is 3.33. The molecule has 1 aliphatic heterocycles. The van der Waals surface area contributed by atoms with Crippen molar-refractivity contribution in [1.29, 1.82) is 0 Å². The van der Waals surface area contributed by atoms with E-state index in [2.05, 4.69) is 20.3 Å². The molecule has 3 heterocycles. The lowest BCUT2D eigenvalue weighted by Gasteiger charge is -2.13. The summed E-state index contributed by atoms with van der Waals surface area (Å²) in [5.74, 6) is 0.524. The number of halogens is 1. The highest BCUT2D eigenvalue weighted by Crippen LogP contribution is 2.32. The van der Waals surface area contributed by atoms with Crippen molar-refractivity contribution in [1.82, 2.24) is 19.5 Å². The Morgan fingerprint density at radius 1 is 1.55 bits per heavy atom. The second-order valence-electron chi connectivity index (χ2n) is 4.53. The van der Waals surface area contributed by atoms with Crippen molar-refractivity contribution >= 4 is 28.6 Å².